The number of nitro benzene ring substituents is 1. The van der Waals surface area contributed by atoms with Crippen LogP contribution in [0.2, 0.25) is 0 Å². The van der Waals surface area contributed by atoms with Crippen LogP contribution in [0.1, 0.15) is 20.1 Å². The summed E-state index contributed by atoms with van der Waals surface area (Å²) in [5.74, 6) is 0.0974. The second-order valence-electron chi connectivity index (χ2n) is 5.88. The van der Waals surface area contributed by atoms with Gasteiger partial charge in [0.05, 0.1) is 10.5 Å². The Labute approximate surface area is 144 Å². The third-order valence-corrected chi connectivity index (χ3v) is 5.23. The summed E-state index contributed by atoms with van der Waals surface area (Å²) < 4.78 is 0. The Bertz CT molecular complexity index is 762. The molecule has 6 nitrogen and oxygen atoms in total. The summed E-state index contributed by atoms with van der Waals surface area (Å²) in [5, 5.41) is 10.7. The topological polar surface area (TPSA) is 66.7 Å². The Morgan fingerprint density at radius 1 is 1.12 bits per heavy atom. The van der Waals surface area contributed by atoms with Gasteiger partial charge in [-0.1, -0.05) is 0 Å². The van der Waals surface area contributed by atoms with Crippen LogP contribution >= 0.6 is 11.3 Å². The van der Waals surface area contributed by atoms with E-state index in [0.29, 0.717) is 13.1 Å². The number of nitro groups is 1. The number of nitrogens with zero attached hydrogens (tertiary/aromatic N) is 3. The number of carbonyl (C=O) groups is 1. The lowest BCUT2D eigenvalue weighted by atomic mass is 10.2. The van der Waals surface area contributed by atoms with Gasteiger partial charge in [-0.25, -0.2) is 0 Å². The molecule has 1 aromatic carbocycles. The van der Waals surface area contributed by atoms with Crippen LogP contribution < -0.4 is 4.90 Å². The highest BCUT2D eigenvalue weighted by molar-refractivity contribution is 7.12. The van der Waals surface area contributed by atoms with E-state index in [2.05, 4.69) is 4.90 Å². The number of amides is 1. The van der Waals surface area contributed by atoms with Gasteiger partial charge < -0.3 is 9.80 Å². The van der Waals surface area contributed by atoms with Crippen molar-refractivity contribution in [3.63, 3.8) is 0 Å². The average Bonchev–Trinajstić information content (AvgIpc) is 2.93. The number of benzene rings is 1. The first-order valence-corrected chi connectivity index (χ1v) is 8.63. The van der Waals surface area contributed by atoms with Gasteiger partial charge in [0, 0.05) is 53.8 Å². The van der Waals surface area contributed by atoms with Crippen molar-refractivity contribution in [2.24, 2.45) is 0 Å². The molecule has 0 aliphatic carbocycles. The van der Waals surface area contributed by atoms with E-state index in [1.807, 2.05) is 24.8 Å². The first-order valence-electron chi connectivity index (χ1n) is 7.81. The Hall–Kier alpha value is -2.41. The molecule has 0 bridgehead atoms. The maximum Gasteiger partial charge on any atom is 0.269 e. The molecule has 1 fully saturated rings. The minimum Gasteiger partial charge on any atom is -0.368 e. The molecule has 0 spiro atoms. The van der Waals surface area contributed by atoms with Gasteiger partial charge in [0.2, 0.25) is 0 Å². The Morgan fingerprint density at radius 3 is 2.25 bits per heavy atom. The Kier molecular flexibility index (Phi) is 4.53. The first kappa shape index (κ1) is 16.4. The lowest BCUT2D eigenvalue weighted by molar-refractivity contribution is -0.384. The van der Waals surface area contributed by atoms with Gasteiger partial charge in [-0.05, 0) is 32.0 Å². The Balaban J connectivity index is 1.64. The SMILES string of the molecule is Cc1cc(C(=O)N2CCN(c3ccc([N+](=O)[O-])cc3)CC2)c(C)s1. The maximum atomic E-state index is 12.6. The molecule has 0 radical (unpaired) electrons. The van der Waals surface area contributed by atoms with E-state index in [1.165, 1.54) is 12.1 Å². The average molecular weight is 345 g/mol. The van der Waals surface area contributed by atoms with Crippen LogP contribution in [0.3, 0.4) is 0 Å². The molecule has 1 aliphatic heterocycles. The predicted octanol–water partition coefficient (Wildman–Crippen LogP) is 3.24. The monoisotopic (exact) mass is 345 g/mol. The zero-order valence-electron chi connectivity index (χ0n) is 13.7. The van der Waals surface area contributed by atoms with Crippen molar-refractivity contribution in [3.05, 3.63) is 55.8 Å². The number of rotatable bonds is 3. The van der Waals surface area contributed by atoms with Crippen molar-refractivity contribution < 1.29 is 9.72 Å². The van der Waals surface area contributed by atoms with Gasteiger partial charge in [0.25, 0.3) is 11.6 Å². The molecule has 1 amide bonds. The molecular formula is C17H19N3O3S. The molecule has 0 atom stereocenters. The van der Waals surface area contributed by atoms with E-state index in [0.717, 1.165) is 34.1 Å². The van der Waals surface area contributed by atoms with Gasteiger partial charge in [-0.3, -0.25) is 14.9 Å². The number of hydrogen-bond acceptors (Lipinski definition) is 5. The van der Waals surface area contributed by atoms with E-state index >= 15 is 0 Å². The fraction of sp³-hybridized carbons (Fsp3) is 0.353. The maximum absolute atomic E-state index is 12.6. The van der Waals surface area contributed by atoms with E-state index in [1.54, 1.807) is 23.5 Å². The number of anilines is 1. The molecule has 0 saturated carbocycles. The normalized spacial score (nSPS) is 14.8. The Morgan fingerprint density at radius 2 is 1.75 bits per heavy atom. The lowest BCUT2D eigenvalue weighted by Gasteiger charge is -2.36. The van der Waals surface area contributed by atoms with Crippen molar-refractivity contribution in [1.29, 1.82) is 0 Å². The fourth-order valence-electron chi connectivity index (χ4n) is 2.97. The highest BCUT2D eigenvalue weighted by atomic mass is 32.1. The number of carbonyl (C=O) groups excluding carboxylic acids is 1. The second kappa shape index (κ2) is 6.60. The molecule has 1 aromatic heterocycles. The molecule has 2 heterocycles. The molecule has 1 saturated heterocycles. The highest BCUT2D eigenvalue weighted by Gasteiger charge is 2.24. The zero-order chi connectivity index (χ0) is 17.3. The van der Waals surface area contributed by atoms with Crippen LogP contribution in [0, 0.1) is 24.0 Å². The molecule has 7 heteroatoms. The van der Waals surface area contributed by atoms with Crippen molar-refractivity contribution in [2.75, 3.05) is 31.1 Å². The van der Waals surface area contributed by atoms with Crippen LogP contribution in [0.4, 0.5) is 11.4 Å². The summed E-state index contributed by atoms with van der Waals surface area (Å²) in [7, 11) is 0. The van der Waals surface area contributed by atoms with Crippen LogP contribution in [0.5, 0.6) is 0 Å². The lowest BCUT2D eigenvalue weighted by Crippen LogP contribution is -2.48. The molecule has 0 N–H and O–H groups in total. The summed E-state index contributed by atoms with van der Waals surface area (Å²) >= 11 is 1.65. The summed E-state index contributed by atoms with van der Waals surface area (Å²) in [5.41, 5.74) is 1.85. The van der Waals surface area contributed by atoms with Crippen molar-refractivity contribution >= 4 is 28.6 Å². The minimum absolute atomic E-state index is 0.0934. The van der Waals surface area contributed by atoms with E-state index in [-0.39, 0.29) is 11.6 Å². The number of thiophene rings is 1. The fourth-order valence-corrected chi connectivity index (χ4v) is 3.88. The van der Waals surface area contributed by atoms with Crippen LogP contribution in [0.25, 0.3) is 0 Å². The number of aryl methyl sites for hydroxylation is 2. The number of hydrogen-bond donors (Lipinski definition) is 0. The summed E-state index contributed by atoms with van der Waals surface area (Å²) in [6.07, 6.45) is 0. The highest BCUT2D eigenvalue weighted by Crippen LogP contribution is 2.24. The largest absolute Gasteiger partial charge is 0.368 e. The molecule has 24 heavy (non-hydrogen) atoms. The number of piperazine rings is 1. The van der Waals surface area contributed by atoms with E-state index < -0.39 is 4.92 Å². The van der Waals surface area contributed by atoms with Gasteiger partial charge in [-0.15, -0.1) is 11.3 Å². The minimum atomic E-state index is -0.397. The summed E-state index contributed by atoms with van der Waals surface area (Å²) in [4.78, 5) is 29.2. The van der Waals surface area contributed by atoms with Crippen LogP contribution in [0.15, 0.2) is 30.3 Å². The molecule has 3 rings (SSSR count). The van der Waals surface area contributed by atoms with Crippen molar-refractivity contribution in [2.45, 2.75) is 13.8 Å². The molecule has 1 aliphatic rings. The third-order valence-electron chi connectivity index (χ3n) is 4.26. The standard InChI is InChI=1S/C17H19N3O3S/c1-12-11-16(13(2)24-12)17(21)19-9-7-18(8-10-19)14-3-5-15(6-4-14)20(22)23/h3-6,11H,7-10H2,1-2H3. The predicted molar refractivity (Wildman–Crippen MR) is 95.0 cm³/mol. The van der Waals surface area contributed by atoms with Crippen molar-refractivity contribution in [3.8, 4) is 0 Å². The van der Waals surface area contributed by atoms with Gasteiger partial charge in [0.15, 0.2) is 0 Å². The van der Waals surface area contributed by atoms with Gasteiger partial charge in [-0.2, -0.15) is 0 Å². The molecule has 126 valence electrons. The molecule has 0 unspecified atom stereocenters. The third kappa shape index (κ3) is 3.26. The smallest absolute Gasteiger partial charge is 0.269 e. The van der Waals surface area contributed by atoms with Gasteiger partial charge >= 0.3 is 0 Å². The molecule has 2 aromatic rings. The second-order valence-corrected chi connectivity index (χ2v) is 7.34. The van der Waals surface area contributed by atoms with Crippen LogP contribution in [-0.2, 0) is 0 Å². The molecular weight excluding hydrogens is 326 g/mol. The van der Waals surface area contributed by atoms with Crippen LogP contribution in [-0.4, -0.2) is 41.9 Å². The quantitative estimate of drug-likeness (QED) is 0.633. The van der Waals surface area contributed by atoms with Gasteiger partial charge in [0.1, 0.15) is 0 Å². The summed E-state index contributed by atoms with van der Waals surface area (Å²) in [6.45, 7) is 6.77. The summed E-state index contributed by atoms with van der Waals surface area (Å²) in [6, 6.07) is 8.53. The zero-order valence-corrected chi connectivity index (χ0v) is 14.5. The van der Waals surface area contributed by atoms with E-state index in [9.17, 15) is 14.9 Å². The van der Waals surface area contributed by atoms with E-state index in [4.69, 9.17) is 0 Å². The number of non-ortho nitro benzene ring substituents is 1. The first-order chi connectivity index (χ1) is 11.5. The van der Waals surface area contributed by atoms with Crippen molar-refractivity contribution in [1.82, 2.24) is 4.90 Å².